The quantitative estimate of drug-likeness (QED) is 0.676. The molecular weight excluding hydrogens is 254 g/mol. The third-order valence-electron chi connectivity index (χ3n) is 2.72. The molecule has 0 saturated carbocycles. The van der Waals surface area contributed by atoms with Gasteiger partial charge in [0.1, 0.15) is 6.04 Å². The molecule has 0 aromatic rings. The zero-order valence-electron chi connectivity index (χ0n) is 11.1. The fourth-order valence-electron chi connectivity index (χ4n) is 1.86. The van der Waals surface area contributed by atoms with Crippen LogP contribution in [0.3, 0.4) is 0 Å². The van der Waals surface area contributed by atoms with Gasteiger partial charge in [0.15, 0.2) is 6.61 Å². The summed E-state index contributed by atoms with van der Waals surface area (Å²) in [6.07, 6.45) is 0.0667. The lowest BCUT2D eigenvalue weighted by Gasteiger charge is -2.22. The fraction of sp³-hybridized carbons (Fsp3) is 0.750. The van der Waals surface area contributed by atoms with Gasteiger partial charge in [-0.2, -0.15) is 0 Å². The van der Waals surface area contributed by atoms with Gasteiger partial charge in [-0.15, -0.1) is 0 Å². The molecule has 0 bridgehead atoms. The molecule has 7 nitrogen and oxygen atoms in total. The third-order valence-corrected chi connectivity index (χ3v) is 2.72. The van der Waals surface area contributed by atoms with Gasteiger partial charge in [-0.05, 0) is 6.42 Å². The van der Waals surface area contributed by atoms with Gasteiger partial charge in [0.25, 0.3) is 5.91 Å². The van der Waals surface area contributed by atoms with E-state index in [0.29, 0.717) is 6.42 Å². The van der Waals surface area contributed by atoms with Gasteiger partial charge in [-0.1, -0.05) is 6.92 Å². The molecule has 1 N–H and O–H groups in total. The Bertz CT molecular complexity index is 356. The number of β-amino-alcohol motifs (C(OH)–C–C–N with tert-alkyl or cyclic N) is 1. The fourth-order valence-corrected chi connectivity index (χ4v) is 1.86. The van der Waals surface area contributed by atoms with Crippen LogP contribution in [0, 0.1) is 0 Å². The van der Waals surface area contributed by atoms with E-state index in [2.05, 4.69) is 4.74 Å². The van der Waals surface area contributed by atoms with Crippen molar-refractivity contribution in [3.05, 3.63) is 0 Å². The van der Waals surface area contributed by atoms with Gasteiger partial charge in [0, 0.05) is 19.9 Å². The van der Waals surface area contributed by atoms with Crippen LogP contribution in [0.5, 0.6) is 0 Å². The Morgan fingerprint density at radius 3 is 2.58 bits per heavy atom. The second kappa shape index (κ2) is 7.08. The van der Waals surface area contributed by atoms with E-state index in [9.17, 15) is 19.5 Å². The Balaban J connectivity index is 2.60. The van der Waals surface area contributed by atoms with Gasteiger partial charge >= 0.3 is 11.9 Å². The van der Waals surface area contributed by atoms with Gasteiger partial charge in [-0.25, -0.2) is 4.79 Å². The molecule has 2 atom stereocenters. The van der Waals surface area contributed by atoms with E-state index in [-0.39, 0.29) is 19.6 Å². The minimum absolute atomic E-state index is 0.0476. The van der Waals surface area contributed by atoms with E-state index in [1.807, 2.05) is 6.92 Å². The highest BCUT2D eigenvalue weighted by Crippen LogP contribution is 2.19. The number of amides is 1. The molecule has 0 aromatic carbocycles. The summed E-state index contributed by atoms with van der Waals surface area (Å²) in [5, 5.41) is 9.56. The van der Waals surface area contributed by atoms with E-state index in [1.54, 1.807) is 0 Å². The second-order valence-corrected chi connectivity index (χ2v) is 4.40. The monoisotopic (exact) mass is 273 g/mol. The summed E-state index contributed by atoms with van der Waals surface area (Å²) in [5.74, 6) is -1.61. The molecule has 7 heteroatoms. The molecule has 0 radical (unpaired) electrons. The molecule has 0 unspecified atom stereocenters. The van der Waals surface area contributed by atoms with Crippen LogP contribution in [0.15, 0.2) is 0 Å². The summed E-state index contributed by atoms with van der Waals surface area (Å²) < 4.78 is 9.57. The largest absolute Gasteiger partial charge is 0.464 e. The number of carbonyl (C=O) groups is 3. The molecule has 0 aliphatic carbocycles. The lowest BCUT2D eigenvalue weighted by molar-refractivity contribution is -0.157. The van der Waals surface area contributed by atoms with Gasteiger partial charge in [0.05, 0.1) is 12.7 Å². The van der Waals surface area contributed by atoms with Crippen molar-refractivity contribution in [1.29, 1.82) is 0 Å². The summed E-state index contributed by atoms with van der Waals surface area (Å²) in [6.45, 7) is 2.95. The molecule has 19 heavy (non-hydrogen) atoms. The Morgan fingerprint density at radius 1 is 1.32 bits per heavy atom. The number of carbonyl (C=O) groups excluding carboxylic acids is 3. The molecule has 0 spiro atoms. The summed E-state index contributed by atoms with van der Waals surface area (Å²) in [4.78, 5) is 35.4. The number of hydrogen-bond acceptors (Lipinski definition) is 6. The van der Waals surface area contributed by atoms with Crippen molar-refractivity contribution in [2.45, 2.75) is 38.8 Å². The highest BCUT2D eigenvalue weighted by molar-refractivity contribution is 5.87. The highest BCUT2D eigenvalue weighted by atomic mass is 16.5. The molecule has 1 fully saturated rings. The second-order valence-electron chi connectivity index (χ2n) is 4.40. The van der Waals surface area contributed by atoms with Crippen molar-refractivity contribution in [3.63, 3.8) is 0 Å². The molecule has 1 aliphatic rings. The van der Waals surface area contributed by atoms with Crippen molar-refractivity contribution in [1.82, 2.24) is 4.90 Å². The van der Waals surface area contributed by atoms with Gasteiger partial charge in [-0.3, -0.25) is 9.59 Å². The Hall–Kier alpha value is -1.63. The number of likely N-dealkylation sites (tertiary alicyclic amines) is 1. The minimum atomic E-state index is -0.801. The van der Waals surface area contributed by atoms with E-state index >= 15 is 0 Å². The van der Waals surface area contributed by atoms with E-state index in [1.165, 1.54) is 11.8 Å². The molecule has 1 amide bonds. The summed E-state index contributed by atoms with van der Waals surface area (Å²) >= 11 is 0. The van der Waals surface area contributed by atoms with E-state index < -0.39 is 36.6 Å². The molecule has 1 saturated heterocycles. The average molecular weight is 273 g/mol. The van der Waals surface area contributed by atoms with E-state index in [0.717, 1.165) is 0 Å². The number of hydrogen-bond donors (Lipinski definition) is 1. The number of ether oxygens (including phenoxy) is 2. The predicted molar refractivity (Wildman–Crippen MR) is 64.0 cm³/mol. The van der Waals surface area contributed by atoms with Crippen molar-refractivity contribution in [2.24, 2.45) is 0 Å². The highest BCUT2D eigenvalue weighted by Gasteiger charge is 2.39. The maximum atomic E-state index is 11.8. The molecule has 1 heterocycles. The molecule has 108 valence electrons. The Morgan fingerprint density at radius 2 is 2.00 bits per heavy atom. The topological polar surface area (TPSA) is 93.1 Å². The smallest absolute Gasteiger partial charge is 0.328 e. The van der Waals surface area contributed by atoms with Crippen molar-refractivity contribution in [2.75, 3.05) is 19.8 Å². The van der Waals surface area contributed by atoms with Crippen molar-refractivity contribution >= 4 is 17.8 Å². The number of nitrogens with zero attached hydrogens (tertiary/aromatic N) is 1. The number of aliphatic hydroxyl groups excluding tert-OH is 1. The Labute approximate surface area is 111 Å². The number of aliphatic hydroxyl groups is 1. The third kappa shape index (κ3) is 4.51. The maximum Gasteiger partial charge on any atom is 0.328 e. The minimum Gasteiger partial charge on any atom is -0.464 e. The summed E-state index contributed by atoms with van der Waals surface area (Å²) in [5.41, 5.74) is 0. The van der Waals surface area contributed by atoms with Crippen LogP contribution in [0.2, 0.25) is 0 Å². The van der Waals surface area contributed by atoms with E-state index in [4.69, 9.17) is 4.74 Å². The SMILES string of the molecule is CCCOC(=O)[C@@H]1C[C@@H](O)CN1C(=O)COC(C)=O. The zero-order chi connectivity index (χ0) is 14.4. The number of esters is 2. The number of rotatable bonds is 5. The van der Waals surface area contributed by atoms with Crippen LogP contribution in [-0.2, 0) is 23.9 Å². The maximum absolute atomic E-state index is 11.8. The molecule has 1 aliphatic heterocycles. The zero-order valence-corrected chi connectivity index (χ0v) is 11.1. The first-order valence-electron chi connectivity index (χ1n) is 6.23. The van der Waals surface area contributed by atoms with Crippen molar-refractivity contribution in [3.8, 4) is 0 Å². The Kier molecular flexibility index (Phi) is 5.75. The standard InChI is InChI=1S/C12H19NO6/c1-3-4-18-12(17)10-5-9(15)6-13(10)11(16)7-19-8(2)14/h9-10,15H,3-7H2,1-2H3/t9-,10+/m1/s1. The van der Waals surface area contributed by atoms with Crippen LogP contribution in [0.1, 0.15) is 26.7 Å². The van der Waals surface area contributed by atoms with Crippen LogP contribution in [0.4, 0.5) is 0 Å². The lowest BCUT2D eigenvalue weighted by Crippen LogP contribution is -2.43. The van der Waals surface area contributed by atoms with Gasteiger partial charge in [0.2, 0.25) is 0 Å². The average Bonchev–Trinajstić information content (AvgIpc) is 2.75. The van der Waals surface area contributed by atoms with Crippen LogP contribution in [0.25, 0.3) is 0 Å². The van der Waals surface area contributed by atoms with Crippen molar-refractivity contribution < 1.29 is 29.0 Å². The van der Waals surface area contributed by atoms with Crippen LogP contribution >= 0.6 is 0 Å². The summed E-state index contributed by atoms with van der Waals surface area (Å²) in [6, 6.07) is -0.801. The molecule has 0 aromatic heterocycles. The van der Waals surface area contributed by atoms with Crippen LogP contribution in [-0.4, -0.2) is 59.8 Å². The lowest BCUT2D eigenvalue weighted by atomic mass is 10.2. The molecular formula is C12H19NO6. The first kappa shape index (κ1) is 15.4. The van der Waals surface area contributed by atoms with Crippen LogP contribution < -0.4 is 0 Å². The normalized spacial score (nSPS) is 22.2. The first-order valence-corrected chi connectivity index (χ1v) is 6.23. The predicted octanol–water partition coefficient (Wildman–Crippen LogP) is -0.536. The van der Waals surface area contributed by atoms with Gasteiger partial charge < -0.3 is 19.5 Å². The molecule has 1 rings (SSSR count). The summed E-state index contributed by atoms with van der Waals surface area (Å²) in [7, 11) is 0. The first-order chi connectivity index (χ1) is 8.95.